The zero-order valence-corrected chi connectivity index (χ0v) is 8.14. The van der Waals surface area contributed by atoms with Crippen LogP contribution in [0.4, 0.5) is 5.69 Å². The molecule has 0 saturated heterocycles. The van der Waals surface area contributed by atoms with Crippen molar-refractivity contribution in [1.29, 1.82) is 0 Å². The first-order chi connectivity index (χ1) is 7.25. The van der Waals surface area contributed by atoms with E-state index in [0.717, 1.165) is 0 Å². The molecule has 0 aliphatic rings. The van der Waals surface area contributed by atoms with Crippen molar-refractivity contribution in [2.45, 2.75) is 12.8 Å². The maximum atomic E-state index is 10.6. The molecule has 4 heteroatoms. The van der Waals surface area contributed by atoms with Gasteiger partial charge in [0.1, 0.15) is 5.56 Å². The number of benzene rings is 1. The zero-order valence-electron chi connectivity index (χ0n) is 8.14. The first-order valence-electron chi connectivity index (χ1n) is 4.59. The van der Waals surface area contributed by atoms with Gasteiger partial charge in [-0.15, -0.1) is 0 Å². The lowest BCUT2D eigenvalue weighted by Crippen LogP contribution is -1.91. The molecule has 0 fully saturated rings. The summed E-state index contributed by atoms with van der Waals surface area (Å²) < 4.78 is 0. The second-order valence-corrected chi connectivity index (χ2v) is 2.90. The molecule has 0 heterocycles. The van der Waals surface area contributed by atoms with Crippen LogP contribution in [0.25, 0.3) is 0 Å². The number of hydrogen-bond donors (Lipinski definition) is 1. The molecule has 0 bridgehead atoms. The molecule has 0 aliphatic heterocycles. The van der Waals surface area contributed by atoms with Crippen LogP contribution < -0.4 is 0 Å². The number of hydrogen-bond acceptors (Lipinski definition) is 3. The van der Waals surface area contributed by atoms with Crippen molar-refractivity contribution in [3.63, 3.8) is 0 Å². The van der Waals surface area contributed by atoms with E-state index in [1.54, 1.807) is 18.2 Å². The largest absolute Gasteiger partial charge is 0.396 e. The Morgan fingerprint density at radius 1 is 1.40 bits per heavy atom. The standard InChI is InChI=1S/C11H11NO3/c13-9-5-1-2-6-10-7-3-4-8-11(10)12(14)15/h3-4,7-8,13H,1,5,9H2. The molecule has 0 radical (unpaired) electrons. The third-order valence-corrected chi connectivity index (χ3v) is 1.78. The zero-order chi connectivity index (χ0) is 11.1. The highest BCUT2D eigenvalue weighted by Crippen LogP contribution is 2.15. The summed E-state index contributed by atoms with van der Waals surface area (Å²) in [5, 5.41) is 19.1. The van der Waals surface area contributed by atoms with E-state index < -0.39 is 4.92 Å². The van der Waals surface area contributed by atoms with Gasteiger partial charge in [0.05, 0.1) is 4.92 Å². The Morgan fingerprint density at radius 3 is 2.80 bits per heavy atom. The Hall–Kier alpha value is -1.86. The topological polar surface area (TPSA) is 63.4 Å². The number of para-hydroxylation sites is 1. The summed E-state index contributed by atoms with van der Waals surface area (Å²) in [6.07, 6.45) is 1.14. The molecule has 4 nitrogen and oxygen atoms in total. The van der Waals surface area contributed by atoms with E-state index in [1.807, 2.05) is 0 Å². The third kappa shape index (κ3) is 3.41. The van der Waals surface area contributed by atoms with Crippen LogP contribution in [0.1, 0.15) is 18.4 Å². The first-order valence-corrected chi connectivity index (χ1v) is 4.59. The SMILES string of the molecule is O=[N+]([O-])c1ccccc1C#CCCCO. The van der Waals surface area contributed by atoms with E-state index in [4.69, 9.17) is 5.11 Å². The van der Waals surface area contributed by atoms with Gasteiger partial charge in [0.2, 0.25) is 0 Å². The molecule has 0 aliphatic carbocycles. The van der Waals surface area contributed by atoms with Crippen molar-refractivity contribution in [1.82, 2.24) is 0 Å². The van der Waals surface area contributed by atoms with E-state index in [9.17, 15) is 10.1 Å². The van der Waals surface area contributed by atoms with Gasteiger partial charge in [-0.25, -0.2) is 0 Å². The van der Waals surface area contributed by atoms with Gasteiger partial charge in [-0.05, 0) is 12.5 Å². The van der Waals surface area contributed by atoms with Crippen molar-refractivity contribution in [3.8, 4) is 11.8 Å². The summed E-state index contributed by atoms with van der Waals surface area (Å²) in [5.41, 5.74) is 0.439. The summed E-state index contributed by atoms with van der Waals surface area (Å²) in [6, 6.07) is 6.36. The highest BCUT2D eigenvalue weighted by Gasteiger charge is 2.09. The second-order valence-electron chi connectivity index (χ2n) is 2.90. The average Bonchev–Trinajstić information content (AvgIpc) is 2.25. The van der Waals surface area contributed by atoms with Crippen molar-refractivity contribution in [2.75, 3.05) is 6.61 Å². The van der Waals surface area contributed by atoms with E-state index in [2.05, 4.69) is 11.8 Å². The molecule has 1 N–H and O–H groups in total. The molecule has 0 unspecified atom stereocenters. The fourth-order valence-corrected chi connectivity index (χ4v) is 1.06. The molecule has 0 saturated carbocycles. The Morgan fingerprint density at radius 2 is 2.13 bits per heavy atom. The van der Waals surface area contributed by atoms with Crippen molar-refractivity contribution < 1.29 is 10.0 Å². The van der Waals surface area contributed by atoms with Crippen LogP contribution in [0.15, 0.2) is 24.3 Å². The van der Waals surface area contributed by atoms with Gasteiger partial charge in [0, 0.05) is 19.1 Å². The van der Waals surface area contributed by atoms with Crippen molar-refractivity contribution in [2.24, 2.45) is 0 Å². The molecule has 0 amide bonds. The lowest BCUT2D eigenvalue weighted by Gasteiger charge is -1.93. The highest BCUT2D eigenvalue weighted by atomic mass is 16.6. The number of nitro groups is 1. The van der Waals surface area contributed by atoms with E-state index >= 15 is 0 Å². The number of nitro benzene ring substituents is 1. The van der Waals surface area contributed by atoms with Gasteiger partial charge in [-0.3, -0.25) is 10.1 Å². The van der Waals surface area contributed by atoms with Gasteiger partial charge in [-0.1, -0.05) is 24.0 Å². The molecule has 0 spiro atoms. The summed E-state index contributed by atoms with van der Waals surface area (Å²) in [6.45, 7) is 0.0889. The average molecular weight is 205 g/mol. The van der Waals surface area contributed by atoms with E-state index in [1.165, 1.54) is 6.07 Å². The number of nitrogens with zero attached hydrogens (tertiary/aromatic N) is 1. The number of aliphatic hydroxyl groups excluding tert-OH is 1. The molecule has 1 rings (SSSR count). The second kappa shape index (κ2) is 5.78. The Bertz CT molecular complexity index is 404. The van der Waals surface area contributed by atoms with Gasteiger partial charge in [0.15, 0.2) is 0 Å². The molecule has 1 aromatic rings. The van der Waals surface area contributed by atoms with E-state index in [0.29, 0.717) is 18.4 Å². The predicted octanol–water partition coefficient (Wildman–Crippen LogP) is 1.72. The minimum absolute atomic E-state index is 0.0222. The molecule has 15 heavy (non-hydrogen) atoms. The monoisotopic (exact) mass is 205 g/mol. The van der Waals surface area contributed by atoms with Crippen LogP contribution in [-0.2, 0) is 0 Å². The van der Waals surface area contributed by atoms with Crippen LogP contribution in [0.5, 0.6) is 0 Å². The summed E-state index contributed by atoms with van der Waals surface area (Å²) >= 11 is 0. The number of aliphatic hydroxyl groups is 1. The lowest BCUT2D eigenvalue weighted by atomic mass is 10.2. The Balaban J connectivity index is 2.83. The fraction of sp³-hybridized carbons (Fsp3) is 0.273. The summed E-state index contributed by atoms with van der Waals surface area (Å²) in [4.78, 5) is 10.2. The van der Waals surface area contributed by atoms with Gasteiger partial charge >= 0.3 is 0 Å². The minimum atomic E-state index is -0.448. The highest BCUT2D eigenvalue weighted by molar-refractivity contribution is 5.50. The fourth-order valence-electron chi connectivity index (χ4n) is 1.06. The van der Waals surface area contributed by atoms with Crippen LogP contribution in [-0.4, -0.2) is 16.6 Å². The quantitative estimate of drug-likeness (QED) is 0.353. The molecule has 0 aromatic heterocycles. The van der Waals surface area contributed by atoms with Gasteiger partial charge in [-0.2, -0.15) is 0 Å². The molecular weight excluding hydrogens is 194 g/mol. The summed E-state index contributed by atoms with van der Waals surface area (Å²) in [7, 11) is 0. The Kier molecular flexibility index (Phi) is 4.32. The van der Waals surface area contributed by atoms with Crippen molar-refractivity contribution >= 4 is 5.69 Å². The molecular formula is C11H11NO3. The Labute approximate surface area is 87.7 Å². The molecule has 1 aromatic carbocycles. The first kappa shape index (κ1) is 11.2. The maximum absolute atomic E-state index is 10.6. The summed E-state index contributed by atoms with van der Waals surface area (Å²) in [5.74, 6) is 5.51. The number of rotatable bonds is 3. The smallest absolute Gasteiger partial charge is 0.284 e. The minimum Gasteiger partial charge on any atom is -0.396 e. The molecule has 78 valence electrons. The van der Waals surface area contributed by atoms with Crippen molar-refractivity contribution in [3.05, 3.63) is 39.9 Å². The number of unbranched alkanes of at least 4 members (excludes halogenated alkanes) is 1. The lowest BCUT2D eigenvalue weighted by molar-refractivity contribution is -0.385. The maximum Gasteiger partial charge on any atom is 0.284 e. The van der Waals surface area contributed by atoms with Gasteiger partial charge in [0.25, 0.3) is 5.69 Å². The van der Waals surface area contributed by atoms with Crippen LogP contribution in [0.2, 0.25) is 0 Å². The van der Waals surface area contributed by atoms with E-state index in [-0.39, 0.29) is 12.3 Å². The third-order valence-electron chi connectivity index (χ3n) is 1.78. The molecule has 0 atom stereocenters. The normalized spacial score (nSPS) is 9.13. The van der Waals surface area contributed by atoms with Crippen LogP contribution in [0, 0.1) is 22.0 Å². The van der Waals surface area contributed by atoms with Gasteiger partial charge < -0.3 is 5.11 Å². The van der Waals surface area contributed by atoms with Crippen LogP contribution in [0.3, 0.4) is 0 Å². The predicted molar refractivity (Wildman–Crippen MR) is 56.3 cm³/mol. The van der Waals surface area contributed by atoms with Crippen LogP contribution >= 0.6 is 0 Å².